The minimum Gasteiger partial charge on any atom is -0.494 e. The summed E-state index contributed by atoms with van der Waals surface area (Å²) in [5.41, 5.74) is 0.218. The van der Waals surface area contributed by atoms with Crippen LogP contribution in [0.1, 0.15) is 40.5 Å². The van der Waals surface area contributed by atoms with Crippen LogP contribution in [0.2, 0.25) is 0 Å². The van der Waals surface area contributed by atoms with Crippen LogP contribution in [-0.4, -0.2) is 48.4 Å². The molecule has 0 radical (unpaired) electrons. The summed E-state index contributed by atoms with van der Waals surface area (Å²) >= 11 is 0. The summed E-state index contributed by atoms with van der Waals surface area (Å²) in [5.74, 6) is 0.777. The average molecular weight is 363 g/mol. The first kappa shape index (κ1) is 19.9. The molecule has 1 heterocycles. The number of hydrogen-bond acceptors (Lipinski definition) is 4. The predicted octanol–water partition coefficient (Wildman–Crippen LogP) is 3.61. The zero-order chi connectivity index (χ0) is 19.2. The number of benzene rings is 1. The minimum absolute atomic E-state index is 0.0272. The lowest BCUT2D eigenvalue weighted by Crippen LogP contribution is -2.48. The molecule has 7 heteroatoms. The van der Waals surface area contributed by atoms with Crippen molar-refractivity contribution in [1.29, 1.82) is 0 Å². The van der Waals surface area contributed by atoms with Crippen molar-refractivity contribution in [1.82, 2.24) is 10.2 Å². The van der Waals surface area contributed by atoms with Crippen LogP contribution in [0.15, 0.2) is 24.3 Å². The van der Waals surface area contributed by atoms with Gasteiger partial charge in [0.05, 0.1) is 6.61 Å². The summed E-state index contributed by atoms with van der Waals surface area (Å²) in [6.45, 7) is 9.21. The average Bonchev–Trinajstić information content (AvgIpc) is 2.55. The van der Waals surface area contributed by atoms with Gasteiger partial charge < -0.3 is 25.0 Å². The minimum atomic E-state index is -0.512. The second kappa shape index (κ2) is 8.78. The maximum atomic E-state index is 12.4. The highest BCUT2D eigenvalue weighted by Crippen LogP contribution is 2.18. The molecule has 2 rings (SSSR count). The lowest BCUT2D eigenvalue weighted by molar-refractivity contribution is 0.0486. The number of piperidine rings is 1. The van der Waals surface area contributed by atoms with E-state index in [2.05, 4.69) is 10.6 Å². The monoisotopic (exact) mass is 363 g/mol. The molecule has 0 saturated carbocycles. The van der Waals surface area contributed by atoms with E-state index in [1.54, 1.807) is 4.90 Å². The summed E-state index contributed by atoms with van der Waals surface area (Å²) in [5, 5.41) is 5.76. The van der Waals surface area contributed by atoms with E-state index in [-0.39, 0.29) is 12.1 Å². The van der Waals surface area contributed by atoms with Crippen molar-refractivity contribution in [3.63, 3.8) is 0 Å². The van der Waals surface area contributed by atoms with Crippen LogP contribution in [0.5, 0.6) is 5.75 Å². The van der Waals surface area contributed by atoms with Crippen molar-refractivity contribution in [2.24, 2.45) is 0 Å². The van der Waals surface area contributed by atoms with Crippen molar-refractivity contribution in [2.45, 2.75) is 52.2 Å². The Labute approximate surface area is 155 Å². The van der Waals surface area contributed by atoms with Gasteiger partial charge in [0.2, 0.25) is 0 Å². The van der Waals surface area contributed by atoms with Crippen molar-refractivity contribution < 1.29 is 19.1 Å². The standard InChI is InChI=1S/C19H29N3O4/c1-5-25-16-8-6-14(7-9-16)20-17(23)22-12-10-15(11-13-22)21-18(24)26-19(2,3)4/h6-9,15H,5,10-13H2,1-4H3,(H,20,23)(H,21,24). The number of urea groups is 1. The highest BCUT2D eigenvalue weighted by molar-refractivity contribution is 5.89. The second-order valence-electron chi connectivity index (χ2n) is 7.30. The molecule has 3 amide bonds. The Morgan fingerprint density at radius 2 is 1.77 bits per heavy atom. The predicted molar refractivity (Wildman–Crippen MR) is 101 cm³/mol. The molecule has 0 bridgehead atoms. The molecule has 0 spiro atoms. The fourth-order valence-corrected chi connectivity index (χ4v) is 2.70. The van der Waals surface area contributed by atoms with Gasteiger partial charge in [0, 0.05) is 24.8 Å². The van der Waals surface area contributed by atoms with Gasteiger partial charge in [-0.3, -0.25) is 0 Å². The third kappa shape index (κ3) is 6.46. The van der Waals surface area contributed by atoms with E-state index >= 15 is 0 Å². The Morgan fingerprint density at radius 3 is 2.31 bits per heavy atom. The second-order valence-corrected chi connectivity index (χ2v) is 7.30. The van der Waals surface area contributed by atoms with Crippen LogP contribution in [0.25, 0.3) is 0 Å². The van der Waals surface area contributed by atoms with E-state index in [9.17, 15) is 9.59 Å². The Morgan fingerprint density at radius 1 is 1.15 bits per heavy atom. The van der Waals surface area contributed by atoms with Crippen molar-refractivity contribution in [2.75, 3.05) is 25.0 Å². The number of carbonyl (C=O) groups is 2. The smallest absolute Gasteiger partial charge is 0.407 e. The molecule has 2 N–H and O–H groups in total. The Kier molecular flexibility index (Phi) is 6.71. The maximum absolute atomic E-state index is 12.4. The van der Waals surface area contributed by atoms with Gasteiger partial charge in [-0.1, -0.05) is 0 Å². The summed E-state index contributed by atoms with van der Waals surface area (Å²) in [4.78, 5) is 25.9. The normalized spacial score (nSPS) is 15.3. The van der Waals surface area contributed by atoms with E-state index in [4.69, 9.17) is 9.47 Å². The van der Waals surface area contributed by atoms with Gasteiger partial charge in [-0.15, -0.1) is 0 Å². The molecule has 0 aliphatic carbocycles. The number of carbonyl (C=O) groups excluding carboxylic acids is 2. The molecule has 1 aromatic rings. The molecule has 1 fully saturated rings. The zero-order valence-corrected chi connectivity index (χ0v) is 16.0. The molecular formula is C19H29N3O4. The molecular weight excluding hydrogens is 334 g/mol. The topological polar surface area (TPSA) is 79.9 Å². The Hall–Kier alpha value is -2.44. The first-order valence-corrected chi connectivity index (χ1v) is 9.05. The maximum Gasteiger partial charge on any atom is 0.407 e. The summed E-state index contributed by atoms with van der Waals surface area (Å²) in [6, 6.07) is 7.19. The number of rotatable bonds is 4. The lowest BCUT2D eigenvalue weighted by atomic mass is 10.1. The number of anilines is 1. The van der Waals surface area contributed by atoms with E-state index in [0.717, 1.165) is 11.4 Å². The summed E-state index contributed by atoms with van der Waals surface area (Å²) in [7, 11) is 0. The molecule has 1 aliphatic rings. The number of likely N-dealkylation sites (tertiary alicyclic amines) is 1. The first-order valence-electron chi connectivity index (χ1n) is 9.05. The molecule has 0 atom stereocenters. The molecule has 7 nitrogen and oxygen atoms in total. The van der Waals surface area contributed by atoms with Crippen LogP contribution in [0.3, 0.4) is 0 Å². The van der Waals surface area contributed by atoms with Crippen molar-refractivity contribution >= 4 is 17.8 Å². The van der Waals surface area contributed by atoms with Crippen molar-refractivity contribution in [3.8, 4) is 5.75 Å². The number of ether oxygens (including phenoxy) is 2. The molecule has 26 heavy (non-hydrogen) atoms. The van der Waals surface area contributed by atoms with Crippen molar-refractivity contribution in [3.05, 3.63) is 24.3 Å². The van der Waals surface area contributed by atoms with E-state index in [1.165, 1.54) is 0 Å². The number of amides is 3. The van der Waals surface area contributed by atoms with Gasteiger partial charge in [-0.2, -0.15) is 0 Å². The van der Waals surface area contributed by atoms with Crippen LogP contribution in [0, 0.1) is 0 Å². The molecule has 0 unspecified atom stereocenters. The highest BCUT2D eigenvalue weighted by Gasteiger charge is 2.25. The van der Waals surface area contributed by atoms with Gasteiger partial charge in [0.1, 0.15) is 11.4 Å². The van der Waals surface area contributed by atoms with E-state index in [1.807, 2.05) is 52.0 Å². The van der Waals surface area contributed by atoms with Gasteiger partial charge in [0.15, 0.2) is 0 Å². The number of alkyl carbamates (subject to hydrolysis) is 1. The largest absolute Gasteiger partial charge is 0.494 e. The molecule has 1 aromatic carbocycles. The fourth-order valence-electron chi connectivity index (χ4n) is 2.70. The van der Waals surface area contributed by atoms with Gasteiger partial charge >= 0.3 is 12.1 Å². The van der Waals surface area contributed by atoms with Gasteiger partial charge in [0.25, 0.3) is 0 Å². The van der Waals surface area contributed by atoms with Crippen LogP contribution >= 0.6 is 0 Å². The van der Waals surface area contributed by atoms with Crippen LogP contribution in [-0.2, 0) is 4.74 Å². The molecule has 1 saturated heterocycles. The summed E-state index contributed by atoms with van der Waals surface area (Å²) < 4.78 is 10.7. The first-order chi connectivity index (χ1) is 12.3. The Bertz CT molecular complexity index is 602. The Balaban J connectivity index is 1.76. The number of hydrogen-bond donors (Lipinski definition) is 2. The fraction of sp³-hybridized carbons (Fsp3) is 0.579. The van der Waals surface area contributed by atoms with Gasteiger partial charge in [-0.05, 0) is 64.8 Å². The molecule has 1 aliphatic heterocycles. The molecule has 144 valence electrons. The van der Waals surface area contributed by atoms with E-state index in [0.29, 0.717) is 32.5 Å². The number of nitrogens with zero attached hydrogens (tertiary/aromatic N) is 1. The van der Waals surface area contributed by atoms with Crippen LogP contribution in [0.4, 0.5) is 15.3 Å². The van der Waals surface area contributed by atoms with Crippen LogP contribution < -0.4 is 15.4 Å². The lowest BCUT2D eigenvalue weighted by Gasteiger charge is -2.32. The highest BCUT2D eigenvalue weighted by atomic mass is 16.6. The SMILES string of the molecule is CCOc1ccc(NC(=O)N2CCC(NC(=O)OC(C)(C)C)CC2)cc1. The third-order valence-electron chi connectivity index (χ3n) is 3.92. The van der Waals surface area contributed by atoms with E-state index < -0.39 is 11.7 Å². The third-order valence-corrected chi connectivity index (χ3v) is 3.92. The quantitative estimate of drug-likeness (QED) is 0.856. The molecule has 0 aromatic heterocycles. The summed E-state index contributed by atoms with van der Waals surface area (Å²) in [6.07, 6.45) is 1.00. The van der Waals surface area contributed by atoms with Gasteiger partial charge in [-0.25, -0.2) is 9.59 Å². The zero-order valence-electron chi connectivity index (χ0n) is 16.0. The number of nitrogens with one attached hydrogen (secondary N) is 2.